The number of hydrogen-bond donors (Lipinski definition) is 1. The Kier molecular flexibility index (Phi) is 8.76. The number of thioether (sulfide) groups is 1. The summed E-state index contributed by atoms with van der Waals surface area (Å²) < 4.78 is 35.1. The summed E-state index contributed by atoms with van der Waals surface area (Å²) in [4.78, 5) is 28.5. The maximum Gasteiger partial charge on any atom is 0.271 e. The lowest BCUT2D eigenvalue weighted by Crippen LogP contribution is -2.30. The molecule has 1 N–H and O–H groups in total. The van der Waals surface area contributed by atoms with Gasteiger partial charge in [0.2, 0.25) is 15.9 Å². The molecule has 0 aliphatic carbocycles. The van der Waals surface area contributed by atoms with Gasteiger partial charge < -0.3 is 10.1 Å². The van der Waals surface area contributed by atoms with Gasteiger partial charge in [-0.15, -0.1) is 0 Å². The molecule has 1 atom stereocenters. The van der Waals surface area contributed by atoms with Crippen LogP contribution in [0.15, 0.2) is 76.8 Å². The first kappa shape index (κ1) is 29.1. The van der Waals surface area contributed by atoms with Gasteiger partial charge in [0.05, 0.1) is 38.9 Å². The first-order chi connectivity index (χ1) is 19.1. The van der Waals surface area contributed by atoms with Gasteiger partial charge in [0.15, 0.2) is 5.16 Å². The summed E-state index contributed by atoms with van der Waals surface area (Å²) in [6, 6.07) is 17.8. The maximum absolute atomic E-state index is 13.2. The lowest BCUT2D eigenvalue weighted by molar-refractivity contribution is -0.384. The SMILES string of the molecule is CCN(CC)S(=O)(=O)c1ccc2c(c1)nc(SC(C)C(=O)Nc1cccc([N+](=O)[O-])c1)n2-c1ccccc1OC. The highest BCUT2D eigenvalue weighted by molar-refractivity contribution is 8.00. The Balaban J connectivity index is 1.75. The number of ether oxygens (including phenoxy) is 1. The van der Waals surface area contributed by atoms with Crippen LogP contribution in [-0.4, -0.2) is 58.6 Å². The number of methoxy groups -OCH3 is 1. The van der Waals surface area contributed by atoms with E-state index in [2.05, 4.69) is 5.32 Å². The smallest absolute Gasteiger partial charge is 0.271 e. The minimum atomic E-state index is -3.71. The second-order valence-electron chi connectivity index (χ2n) is 8.70. The zero-order valence-corrected chi connectivity index (χ0v) is 24.0. The Morgan fingerprint density at radius 1 is 1.12 bits per heavy atom. The topological polar surface area (TPSA) is 137 Å². The second kappa shape index (κ2) is 12.1. The number of nitro benzene ring substituents is 1. The van der Waals surface area contributed by atoms with Crippen molar-refractivity contribution >= 4 is 50.1 Å². The van der Waals surface area contributed by atoms with E-state index in [1.807, 2.05) is 22.8 Å². The monoisotopic (exact) mass is 583 g/mol. The number of hydrogen-bond acceptors (Lipinski definition) is 8. The zero-order chi connectivity index (χ0) is 29.0. The van der Waals surface area contributed by atoms with E-state index in [0.717, 1.165) is 0 Å². The van der Waals surface area contributed by atoms with Crippen molar-refractivity contribution in [2.24, 2.45) is 0 Å². The summed E-state index contributed by atoms with van der Waals surface area (Å²) in [6.07, 6.45) is 0. The Labute approximate surface area is 236 Å². The molecule has 4 aromatic rings. The molecule has 0 fully saturated rings. The third-order valence-electron chi connectivity index (χ3n) is 6.24. The third-order valence-corrected chi connectivity index (χ3v) is 9.34. The number of anilines is 1. The van der Waals surface area contributed by atoms with Crippen LogP contribution < -0.4 is 10.1 Å². The number of carbonyl (C=O) groups excluding carboxylic acids is 1. The van der Waals surface area contributed by atoms with E-state index in [4.69, 9.17) is 9.72 Å². The van der Waals surface area contributed by atoms with Crippen LogP contribution in [-0.2, 0) is 14.8 Å². The predicted octanol–water partition coefficient (Wildman–Crippen LogP) is 5.09. The number of fused-ring (bicyclic) bond motifs is 1. The largest absolute Gasteiger partial charge is 0.495 e. The molecule has 210 valence electrons. The first-order valence-corrected chi connectivity index (χ1v) is 14.8. The third kappa shape index (κ3) is 5.81. The molecule has 0 bridgehead atoms. The molecule has 3 aromatic carbocycles. The van der Waals surface area contributed by atoms with Crippen molar-refractivity contribution in [3.63, 3.8) is 0 Å². The highest BCUT2D eigenvalue weighted by Crippen LogP contribution is 2.35. The van der Waals surface area contributed by atoms with Crippen LogP contribution in [0.5, 0.6) is 5.75 Å². The quantitative estimate of drug-likeness (QED) is 0.146. The van der Waals surface area contributed by atoms with Crippen molar-refractivity contribution in [3.05, 3.63) is 76.8 Å². The van der Waals surface area contributed by atoms with Crippen LogP contribution in [0.1, 0.15) is 20.8 Å². The molecule has 4 rings (SSSR count). The van der Waals surface area contributed by atoms with E-state index >= 15 is 0 Å². The number of rotatable bonds is 11. The molecule has 40 heavy (non-hydrogen) atoms. The van der Waals surface area contributed by atoms with Gasteiger partial charge in [-0.25, -0.2) is 13.4 Å². The fourth-order valence-corrected chi connectivity index (χ4v) is 6.60. The van der Waals surface area contributed by atoms with Crippen molar-refractivity contribution < 1.29 is 22.9 Å². The summed E-state index contributed by atoms with van der Waals surface area (Å²) >= 11 is 1.17. The van der Waals surface area contributed by atoms with Crippen LogP contribution in [0.25, 0.3) is 16.7 Å². The number of nitro groups is 1. The summed E-state index contributed by atoms with van der Waals surface area (Å²) in [5, 5.41) is 13.6. The molecule has 13 heteroatoms. The number of imidazole rings is 1. The summed E-state index contributed by atoms with van der Waals surface area (Å²) in [6.45, 7) is 5.94. The number of para-hydroxylation sites is 2. The van der Waals surface area contributed by atoms with E-state index < -0.39 is 20.2 Å². The van der Waals surface area contributed by atoms with E-state index in [9.17, 15) is 23.3 Å². The average molecular weight is 584 g/mol. The molecule has 0 radical (unpaired) electrons. The maximum atomic E-state index is 13.2. The van der Waals surface area contributed by atoms with Crippen LogP contribution >= 0.6 is 11.8 Å². The molecule has 1 unspecified atom stereocenters. The van der Waals surface area contributed by atoms with Gasteiger partial charge in [0.1, 0.15) is 5.75 Å². The molecule has 11 nitrogen and oxygen atoms in total. The van der Waals surface area contributed by atoms with E-state index in [0.29, 0.717) is 46.4 Å². The Hall–Kier alpha value is -3.94. The molecular formula is C27H29N5O6S2. The fraction of sp³-hybridized carbons (Fsp3) is 0.259. The number of nitrogens with one attached hydrogen (secondary N) is 1. The zero-order valence-electron chi connectivity index (χ0n) is 22.4. The van der Waals surface area contributed by atoms with Crippen molar-refractivity contribution in [1.29, 1.82) is 0 Å². The van der Waals surface area contributed by atoms with Gasteiger partial charge in [-0.1, -0.05) is 43.8 Å². The fourth-order valence-electron chi connectivity index (χ4n) is 4.19. The highest BCUT2D eigenvalue weighted by atomic mass is 32.2. The van der Waals surface area contributed by atoms with E-state index in [1.54, 1.807) is 52.1 Å². The van der Waals surface area contributed by atoms with E-state index in [-0.39, 0.29) is 16.5 Å². The minimum Gasteiger partial charge on any atom is -0.495 e. The summed E-state index contributed by atoms with van der Waals surface area (Å²) in [7, 11) is -2.16. The lowest BCUT2D eigenvalue weighted by atomic mass is 10.2. The summed E-state index contributed by atoms with van der Waals surface area (Å²) in [5.74, 6) is 0.186. The number of benzene rings is 3. The van der Waals surface area contributed by atoms with Gasteiger partial charge in [0.25, 0.3) is 5.69 Å². The molecule has 0 aliphatic heterocycles. The van der Waals surface area contributed by atoms with Crippen LogP contribution in [0.2, 0.25) is 0 Å². The molecular weight excluding hydrogens is 554 g/mol. The molecule has 1 amide bonds. The van der Waals surface area contributed by atoms with Crippen molar-refractivity contribution in [2.45, 2.75) is 36.1 Å². The van der Waals surface area contributed by atoms with E-state index in [1.165, 1.54) is 40.3 Å². The molecule has 1 aromatic heterocycles. The normalized spacial score (nSPS) is 12.4. The molecule has 0 spiro atoms. The standard InChI is InChI=1S/C27H29N5O6S2/c1-5-30(6-2)40(36,37)21-14-15-23-22(17-21)29-27(31(23)24-12-7-8-13-25(24)38-4)39-18(3)26(33)28-19-10-9-11-20(16-19)32(34)35/h7-18H,5-6H2,1-4H3,(H,28,33). The summed E-state index contributed by atoms with van der Waals surface area (Å²) in [5.41, 5.74) is 1.91. The number of aromatic nitrogens is 2. The van der Waals surface area contributed by atoms with Crippen LogP contribution in [0.4, 0.5) is 11.4 Å². The highest BCUT2D eigenvalue weighted by Gasteiger charge is 2.26. The second-order valence-corrected chi connectivity index (χ2v) is 11.9. The Bertz CT molecular complexity index is 1670. The van der Waals surface area contributed by atoms with Gasteiger partial charge in [-0.05, 0) is 43.3 Å². The van der Waals surface area contributed by atoms with Gasteiger partial charge >= 0.3 is 0 Å². The average Bonchev–Trinajstić information content (AvgIpc) is 3.30. The van der Waals surface area contributed by atoms with Crippen LogP contribution in [0, 0.1) is 10.1 Å². The van der Waals surface area contributed by atoms with Crippen molar-refractivity contribution in [3.8, 4) is 11.4 Å². The van der Waals surface area contributed by atoms with Crippen molar-refractivity contribution in [1.82, 2.24) is 13.9 Å². The molecule has 1 heterocycles. The number of carbonyl (C=O) groups is 1. The lowest BCUT2D eigenvalue weighted by Gasteiger charge is -2.18. The Morgan fingerprint density at radius 3 is 2.52 bits per heavy atom. The van der Waals surface area contributed by atoms with Gasteiger partial charge in [0, 0.05) is 30.9 Å². The molecule has 0 saturated carbocycles. The predicted molar refractivity (Wildman–Crippen MR) is 155 cm³/mol. The number of sulfonamides is 1. The number of nitrogens with zero attached hydrogens (tertiary/aromatic N) is 4. The number of amides is 1. The van der Waals surface area contributed by atoms with Crippen molar-refractivity contribution in [2.75, 3.05) is 25.5 Å². The number of non-ortho nitro benzene ring substituents is 1. The molecule has 0 aliphatic rings. The minimum absolute atomic E-state index is 0.126. The molecule has 0 saturated heterocycles. The van der Waals surface area contributed by atoms with Gasteiger partial charge in [-0.3, -0.25) is 19.5 Å². The first-order valence-electron chi connectivity index (χ1n) is 12.5. The van der Waals surface area contributed by atoms with Gasteiger partial charge in [-0.2, -0.15) is 4.31 Å². The Morgan fingerprint density at radius 2 is 1.85 bits per heavy atom. The van der Waals surface area contributed by atoms with Crippen LogP contribution in [0.3, 0.4) is 0 Å².